The van der Waals surface area contributed by atoms with Crippen molar-refractivity contribution in [3.05, 3.63) is 35.4 Å². The van der Waals surface area contributed by atoms with Gasteiger partial charge in [-0.25, -0.2) is 0 Å². The normalized spacial score (nSPS) is 17.8. The van der Waals surface area contributed by atoms with E-state index < -0.39 is 0 Å². The highest BCUT2D eigenvalue weighted by Crippen LogP contribution is 2.44. The van der Waals surface area contributed by atoms with Gasteiger partial charge in [-0.15, -0.1) is 10.2 Å². The Morgan fingerprint density at radius 3 is 3.15 bits per heavy atom. The number of rotatable bonds is 5. The number of hydrogen-bond acceptors (Lipinski definition) is 5. The van der Waals surface area contributed by atoms with E-state index in [0.717, 1.165) is 22.4 Å². The lowest BCUT2D eigenvalue weighted by Gasteiger charge is -2.23. The molecule has 20 heavy (non-hydrogen) atoms. The van der Waals surface area contributed by atoms with Crippen molar-refractivity contribution < 1.29 is 0 Å². The summed E-state index contributed by atoms with van der Waals surface area (Å²) in [5.41, 5.74) is 2.99. The first-order chi connectivity index (χ1) is 9.86. The van der Waals surface area contributed by atoms with E-state index >= 15 is 0 Å². The second-order valence-electron chi connectivity index (χ2n) is 5.00. The van der Waals surface area contributed by atoms with Crippen LogP contribution in [0, 0.1) is 0 Å². The molecule has 1 aliphatic rings. The second kappa shape index (κ2) is 6.59. The summed E-state index contributed by atoms with van der Waals surface area (Å²) in [6.07, 6.45) is 4.83. The van der Waals surface area contributed by atoms with E-state index in [2.05, 4.69) is 46.7 Å². The highest BCUT2D eigenvalue weighted by molar-refractivity contribution is 8.01. The van der Waals surface area contributed by atoms with Crippen LogP contribution in [0.25, 0.3) is 0 Å². The lowest BCUT2D eigenvalue weighted by atomic mass is 9.91. The second-order valence-corrected chi connectivity index (χ2v) is 7.42. The van der Waals surface area contributed by atoms with E-state index in [1.165, 1.54) is 30.4 Å². The van der Waals surface area contributed by atoms with Crippen LogP contribution in [-0.4, -0.2) is 16.7 Å². The summed E-state index contributed by atoms with van der Waals surface area (Å²) in [7, 11) is 0. The molecule has 5 heteroatoms. The van der Waals surface area contributed by atoms with Gasteiger partial charge in [0.05, 0.1) is 0 Å². The largest absolute Gasteiger partial charge is 0.360 e. The maximum Gasteiger partial charge on any atom is 0.206 e. The quantitative estimate of drug-likeness (QED) is 0.880. The summed E-state index contributed by atoms with van der Waals surface area (Å²) in [6.45, 7) is 3.12. The van der Waals surface area contributed by atoms with Gasteiger partial charge in [-0.2, -0.15) is 0 Å². The first-order valence-electron chi connectivity index (χ1n) is 7.18. The number of thioether (sulfide) groups is 1. The van der Waals surface area contributed by atoms with Crippen molar-refractivity contribution in [2.45, 2.75) is 42.2 Å². The first kappa shape index (κ1) is 13.9. The molecular weight excluding hydrogens is 286 g/mol. The molecule has 1 aromatic carbocycles. The van der Waals surface area contributed by atoms with Crippen LogP contribution in [-0.2, 0) is 6.42 Å². The maximum absolute atomic E-state index is 4.31. The topological polar surface area (TPSA) is 37.8 Å². The van der Waals surface area contributed by atoms with Gasteiger partial charge in [-0.3, -0.25) is 0 Å². The molecular formula is C15H19N3S2. The van der Waals surface area contributed by atoms with Gasteiger partial charge in [-0.05, 0) is 36.8 Å². The third-order valence-corrected chi connectivity index (χ3v) is 5.76. The molecule has 1 aromatic heterocycles. The zero-order valence-corrected chi connectivity index (χ0v) is 13.3. The highest BCUT2D eigenvalue weighted by atomic mass is 32.2. The summed E-state index contributed by atoms with van der Waals surface area (Å²) in [5.74, 6) is 0. The van der Waals surface area contributed by atoms with Gasteiger partial charge in [0, 0.05) is 11.8 Å². The van der Waals surface area contributed by atoms with Gasteiger partial charge in [-0.1, -0.05) is 54.3 Å². The Labute approximate surface area is 128 Å². The van der Waals surface area contributed by atoms with Gasteiger partial charge in [0.25, 0.3) is 0 Å². The van der Waals surface area contributed by atoms with Gasteiger partial charge < -0.3 is 5.32 Å². The minimum atomic E-state index is 0.534. The van der Waals surface area contributed by atoms with E-state index in [-0.39, 0.29) is 0 Å². The molecule has 106 valence electrons. The van der Waals surface area contributed by atoms with E-state index in [0.29, 0.717) is 5.25 Å². The Balaban J connectivity index is 1.71. The third kappa shape index (κ3) is 3.15. The van der Waals surface area contributed by atoms with Crippen LogP contribution >= 0.6 is 23.1 Å². The fraction of sp³-hybridized carbons (Fsp3) is 0.467. The standard InChI is InChI=1S/C15H19N3S2/c1-2-10-16-14-17-18-15(20-14)19-13-9-5-7-11-6-3-4-8-12(11)13/h3-4,6,8,13H,2,5,7,9-10H2,1H3,(H,16,17)/t13-/m0/s1. The zero-order valence-electron chi connectivity index (χ0n) is 11.6. The van der Waals surface area contributed by atoms with E-state index in [1.54, 1.807) is 11.3 Å². The summed E-state index contributed by atoms with van der Waals surface area (Å²) >= 11 is 3.54. The minimum absolute atomic E-state index is 0.534. The van der Waals surface area contributed by atoms with Crippen molar-refractivity contribution in [3.63, 3.8) is 0 Å². The van der Waals surface area contributed by atoms with Gasteiger partial charge >= 0.3 is 0 Å². The first-order valence-corrected chi connectivity index (χ1v) is 8.88. The predicted octanol–water partition coefficient (Wildman–Crippen LogP) is 4.53. The van der Waals surface area contributed by atoms with Crippen LogP contribution in [0.15, 0.2) is 28.6 Å². The van der Waals surface area contributed by atoms with E-state index in [1.807, 2.05) is 11.8 Å². The SMILES string of the molecule is CCCNc1nnc(S[C@H]2CCCc3ccccc32)s1. The average molecular weight is 305 g/mol. The number of aromatic nitrogens is 2. The number of anilines is 1. The zero-order chi connectivity index (χ0) is 13.8. The smallest absolute Gasteiger partial charge is 0.206 e. The molecule has 3 rings (SSSR count). The van der Waals surface area contributed by atoms with E-state index in [4.69, 9.17) is 0 Å². The lowest BCUT2D eigenvalue weighted by molar-refractivity contribution is 0.673. The van der Waals surface area contributed by atoms with Crippen molar-refractivity contribution in [2.24, 2.45) is 0 Å². The molecule has 0 spiro atoms. The Hall–Kier alpha value is -1.07. The molecule has 0 saturated heterocycles. The van der Waals surface area contributed by atoms with Crippen molar-refractivity contribution >= 4 is 28.2 Å². The average Bonchev–Trinajstić information content (AvgIpc) is 2.93. The number of nitrogens with zero attached hydrogens (tertiary/aromatic N) is 2. The molecule has 2 aromatic rings. The van der Waals surface area contributed by atoms with Crippen LogP contribution in [0.4, 0.5) is 5.13 Å². The van der Waals surface area contributed by atoms with Crippen molar-refractivity contribution in [2.75, 3.05) is 11.9 Å². The molecule has 0 radical (unpaired) electrons. The third-order valence-electron chi connectivity index (χ3n) is 3.49. The Bertz CT molecular complexity index is 568. The van der Waals surface area contributed by atoms with Crippen LogP contribution in [0.1, 0.15) is 42.6 Å². The number of aryl methyl sites for hydroxylation is 1. The lowest BCUT2D eigenvalue weighted by Crippen LogP contribution is -2.06. The van der Waals surface area contributed by atoms with Crippen molar-refractivity contribution in [1.82, 2.24) is 10.2 Å². The van der Waals surface area contributed by atoms with Crippen LogP contribution in [0.3, 0.4) is 0 Å². The van der Waals surface area contributed by atoms with E-state index in [9.17, 15) is 0 Å². The summed E-state index contributed by atoms with van der Waals surface area (Å²) in [5, 5.41) is 13.3. The number of nitrogens with one attached hydrogen (secondary N) is 1. The number of benzene rings is 1. The maximum atomic E-state index is 4.31. The van der Waals surface area contributed by atoms with Crippen LogP contribution < -0.4 is 5.32 Å². The fourth-order valence-electron chi connectivity index (χ4n) is 2.51. The fourth-order valence-corrected chi connectivity index (χ4v) is 4.77. The summed E-state index contributed by atoms with van der Waals surface area (Å²) in [6, 6.07) is 8.81. The molecule has 1 atom stereocenters. The Morgan fingerprint density at radius 2 is 2.25 bits per heavy atom. The summed E-state index contributed by atoms with van der Waals surface area (Å²) in [4.78, 5) is 0. The molecule has 0 unspecified atom stereocenters. The van der Waals surface area contributed by atoms with Gasteiger partial charge in [0.15, 0.2) is 4.34 Å². The molecule has 3 nitrogen and oxygen atoms in total. The summed E-state index contributed by atoms with van der Waals surface area (Å²) < 4.78 is 1.07. The monoisotopic (exact) mass is 305 g/mol. The molecule has 0 saturated carbocycles. The molecule has 0 fully saturated rings. The number of fused-ring (bicyclic) bond motifs is 1. The molecule has 1 aliphatic carbocycles. The molecule has 1 N–H and O–H groups in total. The molecule has 0 bridgehead atoms. The Morgan fingerprint density at radius 1 is 1.35 bits per heavy atom. The molecule has 0 aliphatic heterocycles. The predicted molar refractivity (Wildman–Crippen MR) is 86.7 cm³/mol. The molecule has 1 heterocycles. The highest BCUT2D eigenvalue weighted by Gasteiger charge is 2.22. The minimum Gasteiger partial charge on any atom is -0.360 e. The molecule has 0 amide bonds. The van der Waals surface area contributed by atoms with Crippen LogP contribution in [0.5, 0.6) is 0 Å². The van der Waals surface area contributed by atoms with Crippen molar-refractivity contribution in [3.8, 4) is 0 Å². The number of hydrogen-bond donors (Lipinski definition) is 1. The van der Waals surface area contributed by atoms with Crippen molar-refractivity contribution in [1.29, 1.82) is 0 Å². The van der Waals surface area contributed by atoms with Gasteiger partial charge in [0.2, 0.25) is 5.13 Å². The van der Waals surface area contributed by atoms with Crippen LogP contribution in [0.2, 0.25) is 0 Å². The Kier molecular flexibility index (Phi) is 4.58. The van der Waals surface area contributed by atoms with Gasteiger partial charge in [0.1, 0.15) is 0 Å².